The highest BCUT2D eigenvalue weighted by atomic mass is 32.2. The average molecular weight is 486 g/mol. The minimum atomic E-state index is -3.89. The quantitative estimate of drug-likeness (QED) is 0.530. The molecule has 1 amide bonds. The largest absolute Gasteiger partial charge is 0.312 e. The Balaban J connectivity index is 1.48. The lowest BCUT2D eigenvalue weighted by Crippen LogP contribution is -2.23. The van der Waals surface area contributed by atoms with E-state index in [1.165, 1.54) is 36.4 Å². The van der Waals surface area contributed by atoms with Crippen molar-refractivity contribution in [1.29, 1.82) is 0 Å². The molecule has 4 rings (SSSR count). The van der Waals surface area contributed by atoms with E-state index in [9.17, 15) is 21.6 Å². The number of hydrogen-bond acceptors (Lipinski definition) is 5. The van der Waals surface area contributed by atoms with Gasteiger partial charge in [0.05, 0.1) is 15.5 Å². The van der Waals surface area contributed by atoms with Gasteiger partial charge >= 0.3 is 0 Å². The first kappa shape index (κ1) is 22.8. The van der Waals surface area contributed by atoms with Crippen LogP contribution in [-0.2, 0) is 24.8 Å². The van der Waals surface area contributed by atoms with Crippen LogP contribution in [0.25, 0.3) is 0 Å². The second kappa shape index (κ2) is 8.87. The molecule has 2 N–H and O–H groups in total. The number of benzene rings is 3. The minimum absolute atomic E-state index is 0.00772. The highest BCUT2D eigenvalue weighted by molar-refractivity contribution is 7.93. The van der Waals surface area contributed by atoms with Gasteiger partial charge in [0.2, 0.25) is 5.91 Å². The highest BCUT2D eigenvalue weighted by Crippen LogP contribution is 2.25. The van der Waals surface area contributed by atoms with Crippen LogP contribution in [-0.4, -0.2) is 29.3 Å². The van der Waals surface area contributed by atoms with Crippen molar-refractivity contribution in [2.75, 3.05) is 20.9 Å². The summed E-state index contributed by atoms with van der Waals surface area (Å²) in [6.45, 7) is 2.42. The molecule has 0 unspecified atom stereocenters. The highest BCUT2D eigenvalue weighted by Gasteiger charge is 2.23. The van der Waals surface area contributed by atoms with Gasteiger partial charge in [0, 0.05) is 24.3 Å². The third-order valence-corrected chi connectivity index (χ3v) is 8.12. The molecule has 3 aromatic carbocycles. The van der Waals surface area contributed by atoms with E-state index in [-0.39, 0.29) is 21.4 Å². The Labute approximate surface area is 193 Å². The number of amides is 1. The zero-order valence-corrected chi connectivity index (χ0v) is 19.5. The van der Waals surface area contributed by atoms with Gasteiger partial charge < -0.3 is 4.90 Å². The molecule has 0 atom stereocenters. The summed E-state index contributed by atoms with van der Waals surface area (Å²) in [6, 6.07) is 18.5. The summed E-state index contributed by atoms with van der Waals surface area (Å²) in [6.07, 6.45) is 1.28. The first-order valence-electron chi connectivity index (χ1n) is 10.3. The van der Waals surface area contributed by atoms with E-state index in [0.717, 1.165) is 12.0 Å². The molecule has 8 nitrogen and oxygen atoms in total. The van der Waals surface area contributed by atoms with E-state index in [2.05, 4.69) is 9.44 Å². The number of para-hydroxylation sites is 1. The van der Waals surface area contributed by atoms with Crippen LogP contribution >= 0.6 is 0 Å². The van der Waals surface area contributed by atoms with Gasteiger partial charge in [-0.1, -0.05) is 18.2 Å². The molecule has 0 aromatic heterocycles. The Bertz CT molecular complexity index is 1380. The first-order valence-corrected chi connectivity index (χ1v) is 13.2. The summed E-state index contributed by atoms with van der Waals surface area (Å²) in [7, 11) is -7.71. The summed E-state index contributed by atoms with van der Waals surface area (Å²) < 4.78 is 55.8. The van der Waals surface area contributed by atoms with Crippen molar-refractivity contribution in [3.8, 4) is 0 Å². The van der Waals surface area contributed by atoms with Gasteiger partial charge in [-0.05, 0) is 73.5 Å². The molecule has 33 heavy (non-hydrogen) atoms. The van der Waals surface area contributed by atoms with E-state index < -0.39 is 20.0 Å². The van der Waals surface area contributed by atoms with Gasteiger partial charge in [0.1, 0.15) is 0 Å². The summed E-state index contributed by atoms with van der Waals surface area (Å²) in [5, 5.41) is 0. The molecule has 1 saturated heterocycles. The van der Waals surface area contributed by atoms with Crippen molar-refractivity contribution in [1.82, 2.24) is 0 Å². The van der Waals surface area contributed by atoms with Crippen molar-refractivity contribution < 1.29 is 21.6 Å². The lowest BCUT2D eigenvalue weighted by molar-refractivity contribution is -0.117. The molecule has 3 aromatic rings. The predicted molar refractivity (Wildman–Crippen MR) is 127 cm³/mol. The molecular weight excluding hydrogens is 462 g/mol. The van der Waals surface area contributed by atoms with Crippen molar-refractivity contribution in [3.63, 3.8) is 0 Å². The van der Waals surface area contributed by atoms with Crippen LogP contribution in [0.4, 0.5) is 17.1 Å². The SMILES string of the molecule is Cc1ccccc1NS(=O)(=O)c1ccc(NS(=O)(=O)c2ccc(N3CCCC3=O)cc2)cc1. The third-order valence-electron chi connectivity index (χ3n) is 5.34. The Morgan fingerprint density at radius 1 is 0.758 bits per heavy atom. The Morgan fingerprint density at radius 2 is 1.33 bits per heavy atom. The summed E-state index contributed by atoms with van der Waals surface area (Å²) in [4.78, 5) is 13.5. The number of carbonyl (C=O) groups is 1. The maximum atomic E-state index is 12.7. The molecule has 1 heterocycles. The van der Waals surface area contributed by atoms with E-state index >= 15 is 0 Å². The van der Waals surface area contributed by atoms with E-state index in [4.69, 9.17) is 0 Å². The predicted octanol–water partition coefficient (Wildman–Crippen LogP) is 3.72. The van der Waals surface area contributed by atoms with Gasteiger partial charge in [-0.15, -0.1) is 0 Å². The number of nitrogens with zero attached hydrogens (tertiary/aromatic N) is 1. The van der Waals surface area contributed by atoms with Gasteiger partial charge in [0.25, 0.3) is 20.0 Å². The molecule has 0 bridgehead atoms. The summed E-state index contributed by atoms with van der Waals surface area (Å²) >= 11 is 0. The van der Waals surface area contributed by atoms with E-state index in [1.54, 1.807) is 42.2 Å². The summed E-state index contributed by atoms with van der Waals surface area (Å²) in [5.41, 5.74) is 2.14. The maximum Gasteiger partial charge on any atom is 0.261 e. The normalized spacial score (nSPS) is 14.3. The van der Waals surface area contributed by atoms with Crippen molar-refractivity contribution in [2.24, 2.45) is 0 Å². The van der Waals surface area contributed by atoms with Gasteiger partial charge in [-0.3, -0.25) is 14.2 Å². The monoisotopic (exact) mass is 485 g/mol. The van der Waals surface area contributed by atoms with Crippen LogP contribution in [0.1, 0.15) is 18.4 Å². The lowest BCUT2D eigenvalue weighted by atomic mass is 10.2. The molecule has 1 aliphatic rings. The topological polar surface area (TPSA) is 113 Å². The molecule has 0 saturated carbocycles. The number of sulfonamides is 2. The third kappa shape index (κ3) is 5.01. The lowest BCUT2D eigenvalue weighted by Gasteiger charge is -2.16. The van der Waals surface area contributed by atoms with Crippen molar-refractivity contribution in [2.45, 2.75) is 29.6 Å². The van der Waals surface area contributed by atoms with Crippen molar-refractivity contribution in [3.05, 3.63) is 78.4 Å². The number of aryl methyl sites for hydroxylation is 1. The zero-order valence-electron chi connectivity index (χ0n) is 17.9. The average Bonchev–Trinajstić information content (AvgIpc) is 3.21. The summed E-state index contributed by atoms with van der Waals surface area (Å²) in [5.74, 6) is 0.0238. The number of rotatable bonds is 7. The second-order valence-electron chi connectivity index (χ2n) is 7.69. The van der Waals surface area contributed by atoms with Gasteiger partial charge in [-0.25, -0.2) is 16.8 Å². The molecule has 1 aliphatic heterocycles. The fourth-order valence-electron chi connectivity index (χ4n) is 3.53. The number of anilines is 3. The van der Waals surface area contributed by atoms with E-state index in [1.807, 2.05) is 6.07 Å². The van der Waals surface area contributed by atoms with Crippen LogP contribution in [0, 0.1) is 6.92 Å². The molecular formula is C23H23N3O5S2. The fraction of sp³-hybridized carbons (Fsp3) is 0.174. The van der Waals surface area contributed by atoms with Crippen LogP contribution in [0.15, 0.2) is 82.6 Å². The molecule has 172 valence electrons. The van der Waals surface area contributed by atoms with E-state index in [0.29, 0.717) is 24.3 Å². The van der Waals surface area contributed by atoms with Crippen LogP contribution in [0.2, 0.25) is 0 Å². The number of carbonyl (C=O) groups excluding carboxylic acids is 1. The zero-order chi connectivity index (χ0) is 23.6. The number of nitrogens with one attached hydrogen (secondary N) is 2. The van der Waals surface area contributed by atoms with Crippen LogP contribution < -0.4 is 14.3 Å². The van der Waals surface area contributed by atoms with Crippen LogP contribution in [0.3, 0.4) is 0 Å². The van der Waals surface area contributed by atoms with Crippen molar-refractivity contribution >= 4 is 43.0 Å². The fourth-order valence-corrected chi connectivity index (χ4v) is 5.72. The molecule has 0 radical (unpaired) electrons. The maximum absolute atomic E-state index is 12.7. The Morgan fingerprint density at radius 3 is 1.91 bits per heavy atom. The second-order valence-corrected chi connectivity index (χ2v) is 11.1. The standard InChI is InChI=1S/C23H23N3O5S2/c1-17-5-2-3-6-22(17)25-33(30,31)20-12-8-18(9-13-20)24-32(28,29)21-14-10-19(11-15-21)26-16-4-7-23(26)27/h2-3,5-6,8-15,24-25H,4,7,16H2,1H3. The first-order chi connectivity index (χ1) is 15.7. The van der Waals surface area contributed by atoms with Crippen LogP contribution in [0.5, 0.6) is 0 Å². The Hall–Kier alpha value is -3.37. The molecule has 0 spiro atoms. The van der Waals surface area contributed by atoms with Gasteiger partial charge in [-0.2, -0.15) is 0 Å². The molecule has 0 aliphatic carbocycles. The minimum Gasteiger partial charge on any atom is -0.312 e. The van der Waals surface area contributed by atoms with Gasteiger partial charge in [0.15, 0.2) is 0 Å². The molecule has 10 heteroatoms. The number of hydrogen-bond donors (Lipinski definition) is 2. The Kier molecular flexibility index (Phi) is 6.13. The smallest absolute Gasteiger partial charge is 0.261 e. The molecule has 1 fully saturated rings.